The fourth-order valence-electron chi connectivity index (χ4n) is 0.963. The summed E-state index contributed by atoms with van der Waals surface area (Å²) in [4.78, 5) is 14.4. The minimum absolute atomic E-state index is 0.0283. The molecule has 0 saturated heterocycles. The highest BCUT2D eigenvalue weighted by Crippen LogP contribution is 2.26. The smallest absolute Gasteiger partial charge is 0.265 e. The van der Waals surface area contributed by atoms with Crippen molar-refractivity contribution in [2.75, 3.05) is 12.4 Å². The van der Waals surface area contributed by atoms with Gasteiger partial charge in [0.05, 0.1) is 5.02 Å². The number of nitrogens with zero attached hydrogens (tertiary/aromatic N) is 1. The number of carbonyl (C=O) groups is 1. The van der Waals surface area contributed by atoms with Gasteiger partial charge in [0, 0.05) is 17.9 Å². The molecule has 84 valence electrons. The highest BCUT2D eigenvalue weighted by molar-refractivity contribution is 9.09. The molecule has 0 unspecified atom stereocenters. The number of hydrogen-bond donors (Lipinski definition) is 0. The van der Waals surface area contributed by atoms with Gasteiger partial charge in [-0.3, -0.25) is 4.79 Å². The Kier molecular flexibility index (Phi) is 4.20. The summed E-state index contributed by atoms with van der Waals surface area (Å²) in [5, 5.41) is 3.08. The number of amides is 1. The zero-order valence-electron chi connectivity index (χ0n) is 8.88. The van der Waals surface area contributed by atoms with Crippen molar-refractivity contribution in [1.29, 1.82) is 0 Å². The average molecular weight is 311 g/mol. The molecule has 0 aliphatic heterocycles. The number of halogens is 2. The molecule has 0 N–H and O–H groups in total. The van der Waals surface area contributed by atoms with E-state index in [1.54, 1.807) is 18.0 Å². The largest absolute Gasteiger partial charge is 0.335 e. The van der Waals surface area contributed by atoms with Gasteiger partial charge in [-0.1, -0.05) is 27.5 Å². The first-order chi connectivity index (χ1) is 6.90. The van der Waals surface area contributed by atoms with E-state index in [1.807, 2.05) is 19.2 Å². The second-order valence-corrected chi connectivity index (χ2v) is 5.79. The molecular weight excluding hydrogens is 298 g/mol. The van der Waals surface area contributed by atoms with Crippen LogP contribution in [0.3, 0.4) is 0 Å². The highest BCUT2D eigenvalue weighted by atomic mass is 79.9. The number of thiophene rings is 1. The van der Waals surface area contributed by atoms with Gasteiger partial charge in [-0.25, -0.2) is 0 Å². The topological polar surface area (TPSA) is 20.3 Å². The lowest BCUT2D eigenvalue weighted by Gasteiger charge is -2.33. The molecule has 1 heterocycles. The Morgan fingerprint density at radius 3 is 2.67 bits per heavy atom. The molecule has 5 heteroatoms. The van der Waals surface area contributed by atoms with E-state index in [2.05, 4.69) is 15.9 Å². The number of rotatable bonds is 3. The van der Waals surface area contributed by atoms with Gasteiger partial charge in [-0.15, -0.1) is 11.3 Å². The van der Waals surface area contributed by atoms with Crippen LogP contribution < -0.4 is 0 Å². The Labute approximate surface area is 107 Å². The van der Waals surface area contributed by atoms with Crippen molar-refractivity contribution >= 4 is 44.8 Å². The van der Waals surface area contributed by atoms with Crippen LogP contribution in [0.1, 0.15) is 23.5 Å². The molecule has 1 rings (SSSR count). The molecule has 0 saturated carbocycles. The SMILES string of the molecule is CN(C(=O)c1sccc1Cl)C(C)(C)CBr. The van der Waals surface area contributed by atoms with E-state index in [0.29, 0.717) is 9.90 Å². The second kappa shape index (κ2) is 4.85. The number of carbonyl (C=O) groups excluding carboxylic acids is 1. The molecule has 15 heavy (non-hydrogen) atoms. The van der Waals surface area contributed by atoms with Crippen LogP contribution in [0.5, 0.6) is 0 Å². The Hall–Kier alpha value is -0.0600. The van der Waals surface area contributed by atoms with Gasteiger partial charge in [0.15, 0.2) is 0 Å². The molecular formula is C10H13BrClNOS. The predicted molar refractivity (Wildman–Crippen MR) is 69.3 cm³/mol. The number of alkyl halides is 1. The first-order valence-electron chi connectivity index (χ1n) is 4.47. The summed E-state index contributed by atoms with van der Waals surface area (Å²) in [6.45, 7) is 4.00. The molecule has 1 amide bonds. The van der Waals surface area contributed by atoms with Crippen LogP contribution in [-0.4, -0.2) is 28.7 Å². The maximum atomic E-state index is 12.1. The van der Waals surface area contributed by atoms with Crippen LogP contribution in [0.2, 0.25) is 5.02 Å². The zero-order chi connectivity index (χ0) is 11.6. The molecule has 0 bridgehead atoms. The van der Waals surface area contributed by atoms with Crippen LogP contribution in [-0.2, 0) is 0 Å². The highest BCUT2D eigenvalue weighted by Gasteiger charge is 2.28. The average Bonchev–Trinajstić information content (AvgIpc) is 2.62. The van der Waals surface area contributed by atoms with Crippen molar-refractivity contribution in [3.05, 3.63) is 21.3 Å². The predicted octanol–water partition coefficient (Wildman–Crippen LogP) is 3.65. The summed E-state index contributed by atoms with van der Waals surface area (Å²) >= 11 is 10.7. The Morgan fingerprint density at radius 2 is 2.27 bits per heavy atom. The molecule has 0 radical (unpaired) electrons. The molecule has 1 aromatic rings. The minimum Gasteiger partial charge on any atom is -0.335 e. The zero-order valence-corrected chi connectivity index (χ0v) is 12.0. The summed E-state index contributed by atoms with van der Waals surface area (Å²) in [6, 6.07) is 1.74. The van der Waals surface area contributed by atoms with Crippen LogP contribution >= 0.6 is 38.9 Å². The van der Waals surface area contributed by atoms with Gasteiger partial charge in [0.2, 0.25) is 0 Å². The van der Waals surface area contributed by atoms with E-state index in [0.717, 1.165) is 5.33 Å². The van der Waals surface area contributed by atoms with E-state index < -0.39 is 0 Å². The standard InChI is InChI=1S/C10H13BrClNOS/c1-10(2,6-11)13(3)9(14)8-7(12)4-5-15-8/h4-5H,6H2,1-3H3. The lowest BCUT2D eigenvalue weighted by molar-refractivity contribution is 0.0669. The van der Waals surface area contributed by atoms with Crippen molar-refractivity contribution < 1.29 is 4.79 Å². The summed E-state index contributed by atoms with van der Waals surface area (Å²) in [5.74, 6) is -0.0283. The Morgan fingerprint density at radius 1 is 1.67 bits per heavy atom. The Bertz CT molecular complexity index is 364. The third kappa shape index (κ3) is 2.74. The van der Waals surface area contributed by atoms with E-state index in [9.17, 15) is 4.79 Å². The summed E-state index contributed by atoms with van der Waals surface area (Å²) in [5.41, 5.74) is -0.218. The van der Waals surface area contributed by atoms with Gasteiger partial charge in [0.1, 0.15) is 4.88 Å². The normalized spacial score (nSPS) is 11.5. The van der Waals surface area contributed by atoms with E-state index in [1.165, 1.54) is 11.3 Å². The first kappa shape index (κ1) is 13.0. The monoisotopic (exact) mass is 309 g/mol. The molecule has 0 fully saturated rings. The van der Waals surface area contributed by atoms with Gasteiger partial charge < -0.3 is 4.90 Å². The quantitative estimate of drug-likeness (QED) is 0.780. The van der Waals surface area contributed by atoms with Crippen molar-refractivity contribution in [3.63, 3.8) is 0 Å². The van der Waals surface area contributed by atoms with Gasteiger partial charge in [-0.2, -0.15) is 0 Å². The molecule has 2 nitrogen and oxygen atoms in total. The van der Waals surface area contributed by atoms with Crippen molar-refractivity contribution in [3.8, 4) is 0 Å². The maximum absolute atomic E-state index is 12.1. The summed E-state index contributed by atoms with van der Waals surface area (Å²) in [6.07, 6.45) is 0. The molecule has 0 atom stereocenters. The van der Waals surface area contributed by atoms with E-state index in [-0.39, 0.29) is 11.4 Å². The van der Waals surface area contributed by atoms with Gasteiger partial charge >= 0.3 is 0 Å². The molecule has 0 aromatic carbocycles. The molecule has 0 spiro atoms. The third-order valence-corrected chi connectivity index (χ3v) is 5.05. The van der Waals surface area contributed by atoms with Crippen LogP contribution in [0.15, 0.2) is 11.4 Å². The lowest BCUT2D eigenvalue weighted by atomic mass is 10.1. The fourth-order valence-corrected chi connectivity index (χ4v) is 2.45. The second-order valence-electron chi connectivity index (χ2n) is 3.91. The third-order valence-electron chi connectivity index (χ3n) is 2.35. The summed E-state index contributed by atoms with van der Waals surface area (Å²) in [7, 11) is 1.79. The molecule has 1 aromatic heterocycles. The van der Waals surface area contributed by atoms with Gasteiger partial charge in [-0.05, 0) is 25.3 Å². The maximum Gasteiger partial charge on any atom is 0.265 e. The van der Waals surface area contributed by atoms with Crippen molar-refractivity contribution in [2.45, 2.75) is 19.4 Å². The minimum atomic E-state index is -0.218. The summed E-state index contributed by atoms with van der Waals surface area (Å²) < 4.78 is 0. The number of hydrogen-bond acceptors (Lipinski definition) is 2. The van der Waals surface area contributed by atoms with Crippen molar-refractivity contribution in [2.24, 2.45) is 0 Å². The van der Waals surface area contributed by atoms with Crippen molar-refractivity contribution in [1.82, 2.24) is 4.90 Å². The fraction of sp³-hybridized carbons (Fsp3) is 0.500. The van der Waals surface area contributed by atoms with E-state index >= 15 is 0 Å². The first-order valence-corrected chi connectivity index (χ1v) is 6.85. The van der Waals surface area contributed by atoms with Crippen LogP contribution in [0.4, 0.5) is 0 Å². The molecule has 0 aliphatic rings. The van der Waals surface area contributed by atoms with Gasteiger partial charge in [0.25, 0.3) is 5.91 Å². The Balaban J connectivity index is 2.92. The van der Waals surface area contributed by atoms with Crippen LogP contribution in [0, 0.1) is 0 Å². The van der Waals surface area contributed by atoms with Crippen LogP contribution in [0.25, 0.3) is 0 Å². The van der Waals surface area contributed by atoms with E-state index in [4.69, 9.17) is 11.6 Å². The lowest BCUT2D eigenvalue weighted by Crippen LogP contribution is -2.46. The molecule has 0 aliphatic carbocycles.